The lowest BCUT2D eigenvalue weighted by atomic mass is 10.2. The highest BCUT2D eigenvalue weighted by Crippen LogP contribution is 2.08. The summed E-state index contributed by atoms with van der Waals surface area (Å²) in [5, 5.41) is 4.60. The molecule has 0 radical (unpaired) electrons. The summed E-state index contributed by atoms with van der Waals surface area (Å²) in [6.07, 6.45) is 1.54. The van der Waals surface area contributed by atoms with Crippen molar-refractivity contribution in [2.75, 3.05) is 6.61 Å². The molecule has 0 saturated carbocycles. The van der Waals surface area contributed by atoms with Gasteiger partial charge in [0, 0.05) is 18.0 Å². The smallest absolute Gasteiger partial charge is 0.261 e. The predicted molar refractivity (Wildman–Crippen MR) is 82.9 cm³/mol. The third-order valence-electron chi connectivity index (χ3n) is 2.69. The number of ether oxygens (including phenoxy) is 1. The topological polar surface area (TPSA) is 71.2 Å². The number of amides is 1. The van der Waals surface area contributed by atoms with E-state index in [4.69, 9.17) is 4.74 Å². The third kappa shape index (κ3) is 4.46. The van der Waals surface area contributed by atoms with Gasteiger partial charge < -0.3 is 15.0 Å². The molecule has 0 atom stereocenters. The maximum absolute atomic E-state index is 11.9. The highest BCUT2D eigenvalue weighted by atomic mass is 32.1. The molecule has 0 unspecified atom stereocenters. The van der Waals surface area contributed by atoms with Crippen molar-refractivity contribution in [2.45, 2.75) is 20.4 Å². The largest absolute Gasteiger partial charge is 0.488 e. The zero-order chi connectivity index (χ0) is 15.2. The van der Waals surface area contributed by atoms with Crippen LogP contribution < -0.4 is 15.5 Å². The molecule has 2 aromatic rings. The standard InChI is InChI=1S/C15H18N2O3S/c1-10(2)9-20-13-8-16-11(6-12(13)18)7-17-15(19)14-4-3-5-21-14/h3-6,8,10H,7,9H2,1-2H3,(H,16,18)(H,17,19). The first-order chi connectivity index (χ1) is 10.1. The van der Waals surface area contributed by atoms with E-state index in [0.29, 0.717) is 28.8 Å². The molecule has 2 aromatic heterocycles. The van der Waals surface area contributed by atoms with Crippen LogP contribution >= 0.6 is 11.3 Å². The molecule has 0 bridgehead atoms. The number of H-pyrrole nitrogens is 1. The minimum Gasteiger partial charge on any atom is -0.488 e. The second-order valence-corrected chi connectivity index (χ2v) is 6.00. The zero-order valence-corrected chi connectivity index (χ0v) is 12.8. The summed E-state index contributed by atoms with van der Waals surface area (Å²) in [6, 6.07) is 5.03. The van der Waals surface area contributed by atoms with Crippen LogP contribution in [0.3, 0.4) is 0 Å². The Morgan fingerprint density at radius 2 is 2.29 bits per heavy atom. The number of nitrogens with one attached hydrogen (secondary N) is 2. The summed E-state index contributed by atoms with van der Waals surface area (Å²) in [5.74, 6) is 0.511. The second kappa shape index (κ2) is 7.08. The van der Waals surface area contributed by atoms with E-state index in [0.717, 1.165) is 0 Å². The summed E-state index contributed by atoms with van der Waals surface area (Å²) >= 11 is 1.38. The molecule has 21 heavy (non-hydrogen) atoms. The highest BCUT2D eigenvalue weighted by Gasteiger charge is 2.07. The van der Waals surface area contributed by atoms with Crippen molar-refractivity contribution in [1.82, 2.24) is 10.3 Å². The van der Waals surface area contributed by atoms with Gasteiger partial charge in [-0.25, -0.2) is 0 Å². The van der Waals surface area contributed by atoms with Crippen LogP contribution in [0, 0.1) is 5.92 Å². The Hall–Kier alpha value is -2.08. The molecule has 0 spiro atoms. The molecule has 5 nitrogen and oxygen atoms in total. The Balaban J connectivity index is 1.94. The normalized spacial score (nSPS) is 10.6. The van der Waals surface area contributed by atoms with Crippen LogP contribution in [-0.4, -0.2) is 17.5 Å². The van der Waals surface area contributed by atoms with Gasteiger partial charge in [-0.2, -0.15) is 0 Å². The van der Waals surface area contributed by atoms with Gasteiger partial charge in [-0.15, -0.1) is 11.3 Å². The van der Waals surface area contributed by atoms with Crippen molar-refractivity contribution >= 4 is 17.2 Å². The third-order valence-corrected chi connectivity index (χ3v) is 3.56. The van der Waals surface area contributed by atoms with Crippen molar-refractivity contribution in [3.8, 4) is 5.75 Å². The van der Waals surface area contributed by atoms with Gasteiger partial charge in [0.05, 0.1) is 18.0 Å². The Labute approximate surface area is 127 Å². The van der Waals surface area contributed by atoms with Crippen molar-refractivity contribution in [1.29, 1.82) is 0 Å². The average molecular weight is 306 g/mol. The molecule has 0 aliphatic carbocycles. The monoisotopic (exact) mass is 306 g/mol. The fourth-order valence-corrected chi connectivity index (χ4v) is 2.28. The first kappa shape index (κ1) is 15.3. The number of carbonyl (C=O) groups is 1. The van der Waals surface area contributed by atoms with E-state index >= 15 is 0 Å². The van der Waals surface area contributed by atoms with Crippen LogP contribution in [0.15, 0.2) is 34.6 Å². The number of hydrogen-bond acceptors (Lipinski definition) is 4. The first-order valence-electron chi connectivity index (χ1n) is 6.72. The van der Waals surface area contributed by atoms with Crippen LogP contribution in [0.2, 0.25) is 0 Å². The molecule has 0 aliphatic heterocycles. The van der Waals surface area contributed by atoms with Crippen molar-refractivity contribution in [2.24, 2.45) is 5.92 Å². The molecule has 2 rings (SSSR count). The number of carbonyl (C=O) groups excluding carboxylic acids is 1. The predicted octanol–water partition coefficient (Wildman–Crippen LogP) is 2.40. The van der Waals surface area contributed by atoms with E-state index in [1.807, 2.05) is 25.3 Å². The maximum Gasteiger partial charge on any atom is 0.261 e. The van der Waals surface area contributed by atoms with E-state index < -0.39 is 0 Å². The molecule has 2 N–H and O–H groups in total. The lowest BCUT2D eigenvalue weighted by Gasteiger charge is -2.09. The van der Waals surface area contributed by atoms with Gasteiger partial charge in [-0.05, 0) is 17.4 Å². The first-order valence-corrected chi connectivity index (χ1v) is 7.60. The lowest BCUT2D eigenvalue weighted by Crippen LogP contribution is -2.23. The van der Waals surface area contributed by atoms with Crippen molar-refractivity contribution in [3.63, 3.8) is 0 Å². The minimum absolute atomic E-state index is 0.147. The van der Waals surface area contributed by atoms with Crippen LogP contribution in [0.5, 0.6) is 5.75 Å². The van der Waals surface area contributed by atoms with Gasteiger partial charge in [-0.3, -0.25) is 9.59 Å². The Morgan fingerprint density at radius 1 is 1.48 bits per heavy atom. The fourth-order valence-electron chi connectivity index (χ4n) is 1.64. The summed E-state index contributed by atoms with van der Waals surface area (Å²) < 4.78 is 5.41. The Kier molecular flexibility index (Phi) is 5.16. The van der Waals surface area contributed by atoms with Gasteiger partial charge in [0.1, 0.15) is 0 Å². The molecule has 6 heteroatoms. The molecular weight excluding hydrogens is 288 g/mol. The maximum atomic E-state index is 11.9. The quantitative estimate of drug-likeness (QED) is 0.861. The molecular formula is C15H18N2O3S. The van der Waals surface area contributed by atoms with Gasteiger partial charge in [-0.1, -0.05) is 19.9 Å². The number of hydrogen-bond donors (Lipinski definition) is 2. The molecule has 0 saturated heterocycles. The summed E-state index contributed by atoms with van der Waals surface area (Å²) in [5.41, 5.74) is 0.455. The Bertz CT molecular complexity index is 647. The number of thiophene rings is 1. The number of rotatable bonds is 6. The van der Waals surface area contributed by atoms with Crippen LogP contribution in [0.4, 0.5) is 0 Å². The van der Waals surface area contributed by atoms with E-state index in [1.165, 1.54) is 23.6 Å². The number of pyridine rings is 1. The van der Waals surface area contributed by atoms with E-state index in [9.17, 15) is 9.59 Å². The van der Waals surface area contributed by atoms with E-state index in [-0.39, 0.29) is 17.9 Å². The van der Waals surface area contributed by atoms with Crippen LogP contribution in [0.25, 0.3) is 0 Å². The summed E-state index contributed by atoms with van der Waals surface area (Å²) in [4.78, 5) is 27.3. The van der Waals surface area contributed by atoms with Gasteiger partial charge in [0.2, 0.25) is 5.43 Å². The molecule has 0 aromatic carbocycles. The van der Waals surface area contributed by atoms with Crippen LogP contribution in [-0.2, 0) is 6.54 Å². The lowest BCUT2D eigenvalue weighted by molar-refractivity contribution is 0.0954. The van der Waals surface area contributed by atoms with E-state index in [2.05, 4.69) is 10.3 Å². The fraction of sp³-hybridized carbons (Fsp3) is 0.333. The zero-order valence-electron chi connectivity index (χ0n) is 12.0. The minimum atomic E-state index is -0.185. The van der Waals surface area contributed by atoms with Gasteiger partial charge in [0.15, 0.2) is 5.75 Å². The molecule has 2 heterocycles. The summed E-state index contributed by atoms with van der Waals surface area (Å²) in [7, 11) is 0. The molecule has 0 aliphatic rings. The van der Waals surface area contributed by atoms with Gasteiger partial charge >= 0.3 is 0 Å². The molecule has 0 fully saturated rings. The van der Waals surface area contributed by atoms with E-state index in [1.54, 1.807) is 6.07 Å². The average Bonchev–Trinajstić information content (AvgIpc) is 2.97. The Morgan fingerprint density at radius 3 is 2.90 bits per heavy atom. The summed E-state index contributed by atoms with van der Waals surface area (Å²) in [6.45, 7) is 4.80. The van der Waals surface area contributed by atoms with Gasteiger partial charge in [0.25, 0.3) is 5.91 Å². The number of aromatic amines is 1. The van der Waals surface area contributed by atoms with Crippen LogP contribution in [0.1, 0.15) is 29.2 Å². The SMILES string of the molecule is CC(C)COc1c[nH]c(CNC(=O)c2cccs2)cc1=O. The molecule has 112 valence electrons. The van der Waals surface area contributed by atoms with Crippen molar-refractivity contribution < 1.29 is 9.53 Å². The number of aromatic nitrogens is 1. The molecule has 1 amide bonds. The second-order valence-electron chi connectivity index (χ2n) is 5.05. The van der Waals surface area contributed by atoms with Crippen molar-refractivity contribution in [3.05, 3.63) is 50.6 Å². The highest BCUT2D eigenvalue weighted by molar-refractivity contribution is 7.12.